The number of amides is 1. The number of hydrogen-bond acceptors (Lipinski definition) is 6. The molecule has 7 heteroatoms. The van der Waals surface area contributed by atoms with Crippen molar-refractivity contribution in [1.29, 1.82) is 0 Å². The van der Waals surface area contributed by atoms with Crippen molar-refractivity contribution >= 4 is 29.4 Å². The van der Waals surface area contributed by atoms with Crippen LogP contribution in [0.15, 0.2) is 35.5 Å². The first-order valence-electron chi connectivity index (χ1n) is 7.33. The molecule has 0 saturated carbocycles. The number of hydrogen-bond donors (Lipinski definition) is 2. The number of aromatic nitrogens is 2. The molecular formula is C16H20N4O2S. The summed E-state index contributed by atoms with van der Waals surface area (Å²) in [7, 11) is 0. The van der Waals surface area contributed by atoms with Gasteiger partial charge >= 0.3 is 6.09 Å². The predicted molar refractivity (Wildman–Crippen MR) is 92.6 cm³/mol. The molecule has 122 valence electrons. The second kappa shape index (κ2) is 8.38. The molecule has 0 spiro atoms. The Kier molecular flexibility index (Phi) is 6.22. The molecule has 1 aromatic heterocycles. The molecule has 23 heavy (non-hydrogen) atoms. The molecule has 2 aromatic rings. The third-order valence-electron chi connectivity index (χ3n) is 2.87. The van der Waals surface area contributed by atoms with E-state index in [4.69, 9.17) is 4.74 Å². The van der Waals surface area contributed by atoms with Gasteiger partial charge in [-0.2, -0.15) is 0 Å². The van der Waals surface area contributed by atoms with Crippen LogP contribution in [0.5, 0.6) is 5.75 Å². The summed E-state index contributed by atoms with van der Waals surface area (Å²) in [5, 5.41) is 6.59. The van der Waals surface area contributed by atoms with Crippen molar-refractivity contribution < 1.29 is 9.53 Å². The number of carbonyl (C=O) groups excluding carboxylic acids is 1. The molecule has 0 aliphatic heterocycles. The number of nitrogens with zero attached hydrogens (tertiary/aromatic N) is 2. The number of nitrogens with one attached hydrogen (secondary N) is 2. The van der Waals surface area contributed by atoms with Gasteiger partial charge in [-0.25, -0.2) is 14.8 Å². The molecule has 0 aliphatic rings. The van der Waals surface area contributed by atoms with Crippen LogP contribution in [0.25, 0.3) is 0 Å². The lowest BCUT2D eigenvalue weighted by molar-refractivity contribution is 0.200. The molecule has 0 atom stereocenters. The Balaban J connectivity index is 2.00. The minimum absolute atomic E-state index is 0.441. The molecular weight excluding hydrogens is 312 g/mol. The third-order valence-corrected chi connectivity index (χ3v) is 3.42. The molecule has 2 N–H and O–H groups in total. The van der Waals surface area contributed by atoms with Crippen molar-refractivity contribution in [3.8, 4) is 5.75 Å². The Labute approximate surface area is 140 Å². The molecule has 0 bridgehead atoms. The van der Waals surface area contributed by atoms with Gasteiger partial charge in [-0.1, -0.05) is 18.7 Å². The fourth-order valence-electron chi connectivity index (χ4n) is 1.82. The Bertz CT molecular complexity index is 662. The molecule has 0 saturated heterocycles. The average Bonchev–Trinajstić information content (AvgIpc) is 2.54. The first-order valence-corrected chi connectivity index (χ1v) is 8.55. The lowest BCUT2D eigenvalue weighted by Gasteiger charge is -2.09. The van der Waals surface area contributed by atoms with Crippen LogP contribution in [0.4, 0.5) is 16.3 Å². The van der Waals surface area contributed by atoms with E-state index in [9.17, 15) is 4.79 Å². The highest BCUT2D eigenvalue weighted by atomic mass is 32.2. The van der Waals surface area contributed by atoms with E-state index in [-0.39, 0.29) is 0 Å². The number of anilines is 2. The van der Waals surface area contributed by atoms with E-state index in [0.717, 1.165) is 28.8 Å². The largest absolute Gasteiger partial charge is 0.412 e. The standard InChI is InChI=1S/C16H20N4O2S/c1-4-9-17-16(21)22-13-7-5-12(6-8-13)19-14-10-11(2)18-15(20-14)23-3/h5-8,10H,4,9H2,1-3H3,(H,17,21)(H,18,19,20). The Morgan fingerprint density at radius 1 is 1.26 bits per heavy atom. The van der Waals surface area contributed by atoms with Gasteiger partial charge in [-0.15, -0.1) is 0 Å². The van der Waals surface area contributed by atoms with E-state index in [0.29, 0.717) is 12.3 Å². The van der Waals surface area contributed by atoms with Crippen molar-refractivity contribution in [2.75, 3.05) is 18.1 Å². The zero-order valence-corrected chi connectivity index (χ0v) is 14.2. The number of carbonyl (C=O) groups is 1. The van der Waals surface area contributed by atoms with E-state index in [1.54, 1.807) is 12.1 Å². The molecule has 0 aliphatic carbocycles. The quantitative estimate of drug-likeness (QED) is 0.620. The summed E-state index contributed by atoms with van der Waals surface area (Å²) >= 11 is 1.50. The van der Waals surface area contributed by atoms with Crippen LogP contribution in [0, 0.1) is 6.92 Å². The van der Waals surface area contributed by atoms with Gasteiger partial charge in [0.2, 0.25) is 0 Å². The van der Waals surface area contributed by atoms with Crippen LogP contribution in [-0.4, -0.2) is 28.9 Å². The number of ether oxygens (including phenoxy) is 1. The van der Waals surface area contributed by atoms with E-state index in [1.165, 1.54) is 11.8 Å². The van der Waals surface area contributed by atoms with E-state index < -0.39 is 6.09 Å². The maximum atomic E-state index is 11.5. The topological polar surface area (TPSA) is 76.1 Å². The molecule has 0 radical (unpaired) electrons. The number of rotatable bonds is 6. The molecule has 1 amide bonds. The van der Waals surface area contributed by atoms with Crippen molar-refractivity contribution in [2.24, 2.45) is 0 Å². The smallest absolute Gasteiger partial charge is 0.410 e. The fraction of sp³-hybridized carbons (Fsp3) is 0.312. The maximum Gasteiger partial charge on any atom is 0.412 e. The summed E-state index contributed by atoms with van der Waals surface area (Å²) in [4.78, 5) is 20.2. The van der Waals surface area contributed by atoms with Gasteiger partial charge < -0.3 is 15.4 Å². The van der Waals surface area contributed by atoms with Crippen LogP contribution in [-0.2, 0) is 0 Å². The fourth-order valence-corrected chi connectivity index (χ4v) is 2.25. The van der Waals surface area contributed by atoms with E-state index in [2.05, 4.69) is 20.6 Å². The van der Waals surface area contributed by atoms with Crippen LogP contribution in [0.1, 0.15) is 19.0 Å². The lowest BCUT2D eigenvalue weighted by atomic mass is 10.3. The normalized spacial score (nSPS) is 10.2. The van der Waals surface area contributed by atoms with Gasteiger partial charge in [0.05, 0.1) is 0 Å². The average molecular weight is 332 g/mol. The summed E-state index contributed by atoms with van der Waals surface area (Å²) in [6.07, 6.45) is 2.37. The highest BCUT2D eigenvalue weighted by Crippen LogP contribution is 2.21. The van der Waals surface area contributed by atoms with Gasteiger partial charge in [0, 0.05) is 24.0 Å². The summed E-state index contributed by atoms with van der Waals surface area (Å²) in [5.41, 5.74) is 1.76. The molecule has 2 rings (SSSR count). The number of thioether (sulfide) groups is 1. The molecule has 0 fully saturated rings. The molecule has 6 nitrogen and oxygen atoms in total. The number of benzene rings is 1. The Morgan fingerprint density at radius 3 is 2.65 bits per heavy atom. The van der Waals surface area contributed by atoms with Crippen molar-refractivity contribution in [3.63, 3.8) is 0 Å². The van der Waals surface area contributed by atoms with Crippen LogP contribution in [0.3, 0.4) is 0 Å². The molecule has 1 heterocycles. The zero-order valence-electron chi connectivity index (χ0n) is 13.4. The van der Waals surface area contributed by atoms with Crippen LogP contribution < -0.4 is 15.4 Å². The lowest BCUT2D eigenvalue weighted by Crippen LogP contribution is -2.27. The van der Waals surface area contributed by atoms with Crippen LogP contribution in [0.2, 0.25) is 0 Å². The maximum absolute atomic E-state index is 11.5. The summed E-state index contributed by atoms with van der Waals surface area (Å²) < 4.78 is 5.17. The highest BCUT2D eigenvalue weighted by Gasteiger charge is 2.05. The minimum atomic E-state index is -0.441. The highest BCUT2D eigenvalue weighted by molar-refractivity contribution is 7.98. The summed E-state index contributed by atoms with van der Waals surface area (Å²) in [6, 6.07) is 9.01. The Hall–Kier alpha value is -2.28. The van der Waals surface area contributed by atoms with Gasteiger partial charge in [0.1, 0.15) is 11.6 Å². The van der Waals surface area contributed by atoms with Gasteiger partial charge in [-0.05, 0) is 43.9 Å². The van der Waals surface area contributed by atoms with Gasteiger partial charge in [0.25, 0.3) is 0 Å². The first-order chi connectivity index (χ1) is 11.1. The van der Waals surface area contributed by atoms with Gasteiger partial charge in [0.15, 0.2) is 5.16 Å². The van der Waals surface area contributed by atoms with Crippen molar-refractivity contribution in [1.82, 2.24) is 15.3 Å². The number of aryl methyl sites for hydroxylation is 1. The second-order valence-electron chi connectivity index (χ2n) is 4.85. The zero-order chi connectivity index (χ0) is 16.7. The van der Waals surface area contributed by atoms with Gasteiger partial charge in [-0.3, -0.25) is 0 Å². The minimum Gasteiger partial charge on any atom is -0.410 e. The molecule has 1 aromatic carbocycles. The van der Waals surface area contributed by atoms with Crippen molar-refractivity contribution in [2.45, 2.75) is 25.4 Å². The summed E-state index contributed by atoms with van der Waals surface area (Å²) in [6.45, 7) is 4.51. The third kappa shape index (κ3) is 5.45. The second-order valence-corrected chi connectivity index (χ2v) is 5.62. The Morgan fingerprint density at radius 2 is 2.00 bits per heavy atom. The molecule has 0 unspecified atom stereocenters. The predicted octanol–water partition coefficient (Wildman–Crippen LogP) is 3.75. The van der Waals surface area contributed by atoms with Crippen molar-refractivity contribution in [3.05, 3.63) is 36.0 Å². The first kappa shape index (κ1) is 17.1. The van der Waals surface area contributed by atoms with E-state index in [1.807, 2.05) is 38.3 Å². The monoisotopic (exact) mass is 332 g/mol. The van der Waals surface area contributed by atoms with E-state index >= 15 is 0 Å². The SMILES string of the molecule is CCCNC(=O)Oc1ccc(Nc2cc(C)nc(SC)n2)cc1. The van der Waals surface area contributed by atoms with Crippen LogP contribution >= 0.6 is 11.8 Å². The summed E-state index contributed by atoms with van der Waals surface area (Å²) in [5.74, 6) is 1.23.